The van der Waals surface area contributed by atoms with Crippen molar-refractivity contribution in [2.24, 2.45) is 12.5 Å². The normalized spacial score (nSPS) is 15.0. The molecular weight excluding hydrogens is 433 g/mol. The van der Waals surface area contributed by atoms with Crippen LogP contribution in [0.3, 0.4) is 0 Å². The van der Waals surface area contributed by atoms with Crippen molar-refractivity contribution in [3.8, 4) is 5.75 Å². The highest BCUT2D eigenvalue weighted by atomic mass is 35.5. The smallest absolute Gasteiger partial charge is 0.403 e. The molecule has 3 aromatic rings. The summed E-state index contributed by atoms with van der Waals surface area (Å²) in [5.74, 6) is 0.235. The van der Waals surface area contributed by atoms with Crippen LogP contribution in [0.15, 0.2) is 36.4 Å². The molecule has 0 saturated heterocycles. The average Bonchev–Trinajstić information content (AvgIpc) is 3.50. The second-order valence-corrected chi connectivity index (χ2v) is 7.96. The Morgan fingerprint density at radius 2 is 2.00 bits per heavy atom. The fourth-order valence-electron chi connectivity index (χ4n) is 3.42. The molecule has 2 N–H and O–H groups in total. The Labute approximate surface area is 181 Å². The lowest BCUT2D eigenvalue weighted by Crippen LogP contribution is -2.40. The summed E-state index contributed by atoms with van der Waals surface area (Å²) in [6, 6.07) is 10.4. The maximum Gasteiger partial charge on any atom is 0.403 e. The number of carbonyl (C=O) groups is 1. The van der Waals surface area contributed by atoms with Gasteiger partial charge in [-0.05, 0) is 42.7 Å². The van der Waals surface area contributed by atoms with Crippen LogP contribution in [0.2, 0.25) is 5.02 Å². The van der Waals surface area contributed by atoms with Gasteiger partial charge in [0.2, 0.25) is 11.9 Å². The van der Waals surface area contributed by atoms with Gasteiger partial charge in [-0.25, -0.2) is 4.98 Å². The second kappa shape index (κ2) is 7.64. The molecule has 2 aromatic carbocycles. The molecule has 0 spiro atoms. The molecule has 10 heteroatoms. The zero-order valence-corrected chi connectivity index (χ0v) is 17.6. The minimum absolute atomic E-state index is 0.0394. The van der Waals surface area contributed by atoms with Gasteiger partial charge in [-0.3, -0.25) is 4.79 Å². The van der Waals surface area contributed by atoms with Gasteiger partial charge in [-0.15, -0.1) is 0 Å². The summed E-state index contributed by atoms with van der Waals surface area (Å²) in [5.41, 5.74) is 0.499. The molecule has 1 aromatic heterocycles. The fourth-order valence-corrected chi connectivity index (χ4v) is 3.59. The van der Waals surface area contributed by atoms with Crippen molar-refractivity contribution in [3.05, 3.63) is 47.0 Å². The monoisotopic (exact) mass is 452 g/mol. The number of methoxy groups -OCH3 is 1. The number of halogens is 4. The summed E-state index contributed by atoms with van der Waals surface area (Å²) in [7, 11) is 3.42. The molecule has 164 valence electrons. The number of ether oxygens (including phenoxy) is 1. The number of aryl methyl sites for hydroxylation is 1. The largest absolute Gasteiger partial charge is 0.497 e. The first-order valence-electron chi connectivity index (χ1n) is 9.55. The summed E-state index contributed by atoms with van der Waals surface area (Å²) >= 11 is 6.29. The van der Waals surface area contributed by atoms with Crippen molar-refractivity contribution in [2.45, 2.75) is 25.6 Å². The zero-order valence-electron chi connectivity index (χ0n) is 16.8. The van der Waals surface area contributed by atoms with Crippen LogP contribution in [0.5, 0.6) is 5.75 Å². The molecule has 31 heavy (non-hydrogen) atoms. The number of amides is 1. The number of benzene rings is 2. The number of aromatic nitrogens is 2. The summed E-state index contributed by atoms with van der Waals surface area (Å²) in [4.78, 5) is 16.6. The molecule has 0 bridgehead atoms. The molecule has 4 rings (SSSR count). The number of fused-ring (bicyclic) bond motifs is 1. The number of anilines is 2. The number of hydrogen-bond acceptors (Lipinski definition) is 4. The van der Waals surface area contributed by atoms with Crippen LogP contribution in [0.1, 0.15) is 18.4 Å². The zero-order chi connectivity index (χ0) is 22.4. The van der Waals surface area contributed by atoms with E-state index in [0.29, 0.717) is 28.0 Å². The molecule has 1 fully saturated rings. The average molecular weight is 453 g/mol. The van der Waals surface area contributed by atoms with E-state index in [4.69, 9.17) is 16.3 Å². The number of nitrogens with zero attached hydrogens (tertiary/aromatic N) is 2. The van der Waals surface area contributed by atoms with E-state index in [1.807, 2.05) is 29.8 Å². The van der Waals surface area contributed by atoms with Crippen LogP contribution in [-0.2, 0) is 18.4 Å². The minimum atomic E-state index is -4.54. The Hall–Kier alpha value is -2.94. The number of hydrogen-bond donors (Lipinski definition) is 2. The van der Waals surface area contributed by atoms with Gasteiger partial charge >= 0.3 is 6.18 Å². The molecule has 0 radical (unpaired) electrons. The highest BCUT2D eigenvalue weighted by Crippen LogP contribution is 2.57. The molecule has 1 aliphatic carbocycles. The van der Waals surface area contributed by atoms with E-state index in [0.717, 1.165) is 11.0 Å². The molecule has 6 nitrogen and oxygen atoms in total. The predicted molar refractivity (Wildman–Crippen MR) is 112 cm³/mol. The SMILES string of the molecule is COc1ccc2nc(Nc3cc(CNC(=O)C4(C(F)(F)F)CC4)ccc3Cl)n(C)c2c1. The molecule has 0 aliphatic heterocycles. The van der Waals surface area contributed by atoms with Crippen molar-refractivity contribution >= 4 is 40.2 Å². The van der Waals surface area contributed by atoms with E-state index < -0.39 is 17.5 Å². The topological polar surface area (TPSA) is 68.2 Å². The number of nitrogens with one attached hydrogen (secondary N) is 2. The highest BCUT2D eigenvalue weighted by Gasteiger charge is 2.68. The second-order valence-electron chi connectivity index (χ2n) is 7.55. The van der Waals surface area contributed by atoms with Crippen LogP contribution >= 0.6 is 11.6 Å². The van der Waals surface area contributed by atoms with Crippen molar-refractivity contribution < 1.29 is 22.7 Å². The predicted octanol–water partition coefficient (Wildman–Crippen LogP) is 4.94. The quantitative estimate of drug-likeness (QED) is 0.556. The third-order valence-electron chi connectivity index (χ3n) is 5.55. The van der Waals surface area contributed by atoms with Crippen LogP contribution in [0.4, 0.5) is 24.8 Å². The third kappa shape index (κ3) is 3.89. The van der Waals surface area contributed by atoms with Crippen LogP contribution in [-0.4, -0.2) is 28.7 Å². The molecule has 0 unspecified atom stereocenters. The van der Waals surface area contributed by atoms with Gasteiger partial charge in [0.25, 0.3) is 0 Å². The van der Waals surface area contributed by atoms with E-state index in [1.165, 1.54) is 0 Å². The summed E-state index contributed by atoms with van der Waals surface area (Å²) in [6.07, 6.45) is -4.88. The Morgan fingerprint density at radius 3 is 2.65 bits per heavy atom. The van der Waals surface area contributed by atoms with Crippen molar-refractivity contribution in [2.75, 3.05) is 12.4 Å². The van der Waals surface area contributed by atoms with Gasteiger partial charge < -0.3 is 19.9 Å². The molecule has 1 heterocycles. The van der Waals surface area contributed by atoms with Crippen molar-refractivity contribution in [3.63, 3.8) is 0 Å². The van der Waals surface area contributed by atoms with E-state index >= 15 is 0 Å². The van der Waals surface area contributed by atoms with E-state index in [2.05, 4.69) is 15.6 Å². The van der Waals surface area contributed by atoms with Gasteiger partial charge in [-0.2, -0.15) is 13.2 Å². The van der Waals surface area contributed by atoms with E-state index in [9.17, 15) is 18.0 Å². The van der Waals surface area contributed by atoms with Gasteiger partial charge in [-0.1, -0.05) is 17.7 Å². The van der Waals surface area contributed by atoms with Crippen molar-refractivity contribution in [1.82, 2.24) is 14.9 Å². The van der Waals surface area contributed by atoms with E-state index in [-0.39, 0.29) is 19.4 Å². The molecule has 1 saturated carbocycles. The van der Waals surface area contributed by atoms with Gasteiger partial charge in [0.1, 0.15) is 11.2 Å². The number of alkyl halides is 3. The Balaban J connectivity index is 1.52. The summed E-state index contributed by atoms with van der Waals surface area (Å²) in [6.45, 7) is -0.0394. The third-order valence-corrected chi connectivity index (χ3v) is 5.88. The van der Waals surface area contributed by atoms with Crippen LogP contribution in [0, 0.1) is 5.41 Å². The summed E-state index contributed by atoms with van der Waals surface area (Å²) in [5, 5.41) is 5.96. The fraction of sp³-hybridized carbons (Fsp3) is 0.333. The van der Waals surface area contributed by atoms with Crippen molar-refractivity contribution in [1.29, 1.82) is 0 Å². The maximum absolute atomic E-state index is 13.1. The Kier molecular flexibility index (Phi) is 5.25. The number of carbonyl (C=O) groups excluding carboxylic acids is 1. The lowest BCUT2D eigenvalue weighted by atomic mass is 10.1. The van der Waals surface area contributed by atoms with E-state index in [1.54, 1.807) is 25.3 Å². The standard InChI is InChI=1S/C21H20ClF3N4O2/c1-29-17-10-13(31-2)4-6-15(17)27-19(29)28-16-9-12(3-5-14(16)22)11-26-18(30)20(7-8-20)21(23,24)25/h3-6,9-10H,7-8,11H2,1-2H3,(H,26,30)(H,27,28). The first kappa shape index (κ1) is 21.3. The molecule has 1 aliphatic rings. The van der Waals surface area contributed by atoms with Gasteiger partial charge in [0, 0.05) is 19.7 Å². The Morgan fingerprint density at radius 1 is 1.26 bits per heavy atom. The first-order valence-corrected chi connectivity index (χ1v) is 9.93. The number of rotatable bonds is 6. The Bertz CT molecular complexity index is 1160. The first-order chi connectivity index (χ1) is 14.6. The summed E-state index contributed by atoms with van der Waals surface area (Å²) < 4.78 is 46.4. The maximum atomic E-state index is 13.1. The number of imidazole rings is 1. The lowest BCUT2D eigenvalue weighted by molar-refractivity contribution is -0.192. The van der Waals surface area contributed by atoms with Crippen LogP contribution < -0.4 is 15.4 Å². The van der Waals surface area contributed by atoms with Gasteiger partial charge in [0.05, 0.1) is 28.9 Å². The van der Waals surface area contributed by atoms with Gasteiger partial charge in [0.15, 0.2) is 0 Å². The lowest BCUT2D eigenvalue weighted by Gasteiger charge is -2.18. The molecule has 1 amide bonds. The van der Waals surface area contributed by atoms with Crippen LogP contribution in [0.25, 0.3) is 11.0 Å². The molecular formula is C21H20ClF3N4O2. The minimum Gasteiger partial charge on any atom is -0.497 e. The molecule has 0 atom stereocenters. The highest BCUT2D eigenvalue weighted by molar-refractivity contribution is 6.33.